The summed E-state index contributed by atoms with van der Waals surface area (Å²) in [6, 6.07) is 3.36. The van der Waals surface area contributed by atoms with Crippen molar-refractivity contribution in [3.05, 3.63) is 23.3 Å². The second-order valence-electron chi connectivity index (χ2n) is 8.08. The van der Waals surface area contributed by atoms with Crippen molar-refractivity contribution in [3.8, 4) is 45.6 Å². The molecule has 3 rings (SSSR count). The Morgan fingerprint density at radius 1 is 0.645 bits per heavy atom. The number of aromatic hydroxyl groups is 1. The minimum Gasteiger partial charge on any atom is -0.502 e. The lowest BCUT2D eigenvalue weighted by atomic mass is 9.72. The Morgan fingerprint density at radius 3 is 1.48 bits per heavy atom. The van der Waals surface area contributed by atoms with Crippen LogP contribution in [0.2, 0.25) is 0 Å². The number of ether oxygens (including phenoxy) is 5. The van der Waals surface area contributed by atoms with Crippen LogP contribution < -0.4 is 23.7 Å². The molecule has 8 heteroatoms. The molecule has 1 aliphatic rings. The lowest BCUT2D eigenvalue weighted by Crippen LogP contribution is -2.53. The van der Waals surface area contributed by atoms with Gasteiger partial charge in [-0.2, -0.15) is 0 Å². The fraction of sp³-hybridized carbons (Fsp3) is 0.478. The molecule has 0 saturated heterocycles. The Bertz CT molecular complexity index is 994. The van der Waals surface area contributed by atoms with Crippen molar-refractivity contribution in [3.63, 3.8) is 0 Å². The molecule has 0 radical (unpaired) electrons. The zero-order chi connectivity index (χ0) is 23.1. The molecular weight excluding hydrogens is 404 g/mol. The normalized spacial score (nSPS) is 22.5. The van der Waals surface area contributed by atoms with Crippen molar-refractivity contribution in [2.45, 2.75) is 37.9 Å². The molecule has 2 atom stereocenters. The van der Waals surface area contributed by atoms with Gasteiger partial charge in [0.15, 0.2) is 23.0 Å². The van der Waals surface area contributed by atoms with Gasteiger partial charge in [-0.1, -0.05) is 0 Å². The molecular formula is C23H30O8. The first-order chi connectivity index (χ1) is 14.6. The Labute approximate surface area is 181 Å². The first-order valence-corrected chi connectivity index (χ1v) is 9.80. The SMILES string of the molecule is COc1cc2c(c(OC)c1O)-c1c(cc(OC)c(OC)c1OC)CC(C)(O)C(C)(O)C2. The second kappa shape index (κ2) is 8.01. The summed E-state index contributed by atoms with van der Waals surface area (Å²) < 4.78 is 27.7. The van der Waals surface area contributed by atoms with Gasteiger partial charge in [0, 0.05) is 24.0 Å². The van der Waals surface area contributed by atoms with Crippen LogP contribution in [0, 0.1) is 0 Å². The minimum atomic E-state index is -1.51. The highest BCUT2D eigenvalue weighted by Crippen LogP contribution is 2.56. The van der Waals surface area contributed by atoms with E-state index in [0.29, 0.717) is 39.5 Å². The van der Waals surface area contributed by atoms with Gasteiger partial charge in [0.05, 0.1) is 46.8 Å². The van der Waals surface area contributed by atoms with Gasteiger partial charge in [-0.3, -0.25) is 0 Å². The third-order valence-electron chi connectivity index (χ3n) is 6.12. The van der Waals surface area contributed by atoms with Gasteiger partial charge in [0.25, 0.3) is 0 Å². The van der Waals surface area contributed by atoms with Crippen LogP contribution in [0.5, 0.6) is 34.5 Å². The number of phenolic OH excluding ortho intramolecular Hbond substituents is 1. The molecule has 0 aromatic heterocycles. The number of fused-ring (bicyclic) bond motifs is 3. The van der Waals surface area contributed by atoms with E-state index in [0.717, 1.165) is 0 Å². The molecule has 8 nitrogen and oxygen atoms in total. The first kappa shape index (κ1) is 22.8. The van der Waals surface area contributed by atoms with Crippen molar-refractivity contribution >= 4 is 0 Å². The number of methoxy groups -OCH3 is 5. The molecule has 0 amide bonds. The van der Waals surface area contributed by atoms with Gasteiger partial charge < -0.3 is 39.0 Å². The Balaban J connectivity index is 2.56. The van der Waals surface area contributed by atoms with Gasteiger partial charge in [-0.05, 0) is 37.1 Å². The molecule has 31 heavy (non-hydrogen) atoms. The number of hydrogen-bond acceptors (Lipinski definition) is 8. The number of hydrogen-bond donors (Lipinski definition) is 3. The lowest BCUT2D eigenvalue weighted by Gasteiger charge is -2.42. The van der Waals surface area contributed by atoms with E-state index >= 15 is 0 Å². The highest BCUT2D eigenvalue weighted by molar-refractivity contribution is 5.88. The number of rotatable bonds is 5. The average molecular weight is 434 g/mol. The largest absolute Gasteiger partial charge is 0.502 e. The standard InChI is InChI=1S/C23H30O8/c1-22(25)10-12-8-14(27-3)18(24)20(30-6)16(12)17-13(11-23(22,2)26)9-15(28-4)19(29-5)21(17)31-7/h8-9,24-26H,10-11H2,1-7H3. The highest BCUT2D eigenvalue weighted by Gasteiger charge is 2.46. The predicted molar refractivity (Wildman–Crippen MR) is 115 cm³/mol. The molecule has 0 saturated carbocycles. The number of phenols is 1. The van der Waals surface area contributed by atoms with E-state index in [1.807, 2.05) is 0 Å². The average Bonchev–Trinajstić information content (AvgIpc) is 2.72. The fourth-order valence-corrected chi connectivity index (χ4v) is 4.19. The highest BCUT2D eigenvalue weighted by atomic mass is 16.5. The van der Waals surface area contributed by atoms with Crippen LogP contribution in [0.1, 0.15) is 25.0 Å². The van der Waals surface area contributed by atoms with Crippen LogP contribution in [0.15, 0.2) is 12.1 Å². The van der Waals surface area contributed by atoms with Gasteiger partial charge in [-0.15, -0.1) is 0 Å². The summed E-state index contributed by atoms with van der Waals surface area (Å²) in [5.41, 5.74) is -0.688. The van der Waals surface area contributed by atoms with E-state index in [-0.39, 0.29) is 30.1 Å². The van der Waals surface area contributed by atoms with E-state index in [1.54, 1.807) is 26.0 Å². The quantitative estimate of drug-likeness (QED) is 0.660. The van der Waals surface area contributed by atoms with Crippen LogP contribution in [0.25, 0.3) is 11.1 Å². The van der Waals surface area contributed by atoms with Crippen molar-refractivity contribution in [2.24, 2.45) is 0 Å². The van der Waals surface area contributed by atoms with Crippen molar-refractivity contribution in [1.29, 1.82) is 0 Å². The zero-order valence-corrected chi connectivity index (χ0v) is 19.0. The molecule has 2 aromatic carbocycles. The summed E-state index contributed by atoms with van der Waals surface area (Å²) in [6.07, 6.45) is 0.153. The van der Waals surface area contributed by atoms with Crippen molar-refractivity contribution < 1.29 is 39.0 Å². The maximum absolute atomic E-state index is 11.3. The fourth-order valence-electron chi connectivity index (χ4n) is 4.19. The third kappa shape index (κ3) is 3.49. The summed E-state index contributed by atoms with van der Waals surface area (Å²) in [7, 11) is 7.38. The molecule has 0 fully saturated rings. The van der Waals surface area contributed by atoms with Crippen LogP contribution in [-0.2, 0) is 12.8 Å². The first-order valence-electron chi connectivity index (χ1n) is 9.80. The summed E-state index contributed by atoms with van der Waals surface area (Å²) >= 11 is 0. The topological polar surface area (TPSA) is 107 Å². The van der Waals surface area contributed by atoms with E-state index in [2.05, 4.69) is 0 Å². The van der Waals surface area contributed by atoms with Crippen LogP contribution >= 0.6 is 0 Å². The minimum absolute atomic E-state index is 0.0687. The molecule has 0 spiro atoms. The summed E-state index contributed by atoms with van der Waals surface area (Å²) in [4.78, 5) is 0. The van der Waals surface area contributed by atoms with E-state index in [1.165, 1.54) is 35.5 Å². The molecule has 2 aromatic rings. The molecule has 0 aliphatic heterocycles. The van der Waals surface area contributed by atoms with E-state index in [4.69, 9.17) is 23.7 Å². The molecule has 3 N–H and O–H groups in total. The lowest BCUT2D eigenvalue weighted by molar-refractivity contribution is -0.129. The van der Waals surface area contributed by atoms with Crippen LogP contribution in [-0.4, -0.2) is 62.1 Å². The number of benzene rings is 2. The van der Waals surface area contributed by atoms with Crippen molar-refractivity contribution in [1.82, 2.24) is 0 Å². The molecule has 2 unspecified atom stereocenters. The van der Waals surface area contributed by atoms with Gasteiger partial charge >= 0.3 is 0 Å². The van der Waals surface area contributed by atoms with Gasteiger partial charge in [-0.25, -0.2) is 0 Å². The molecule has 170 valence electrons. The van der Waals surface area contributed by atoms with Gasteiger partial charge in [0.1, 0.15) is 0 Å². The number of aliphatic hydroxyl groups is 2. The maximum Gasteiger partial charge on any atom is 0.203 e. The third-order valence-corrected chi connectivity index (χ3v) is 6.12. The smallest absolute Gasteiger partial charge is 0.203 e. The van der Waals surface area contributed by atoms with E-state index < -0.39 is 11.2 Å². The van der Waals surface area contributed by atoms with Gasteiger partial charge in [0.2, 0.25) is 11.5 Å². The Morgan fingerprint density at radius 2 is 1.06 bits per heavy atom. The second-order valence-corrected chi connectivity index (χ2v) is 8.08. The Hall–Kier alpha value is -2.84. The van der Waals surface area contributed by atoms with Crippen molar-refractivity contribution in [2.75, 3.05) is 35.5 Å². The van der Waals surface area contributed by atoms with Crippen LogP contribution in [0.4, 0.5) is 0 Å². The maximum atomic E-state index is 11.3. The predicted octanol–water partition coefficient (Wildman–Crippen LogP) is 2.70. The summed E-state index contributed by atoms with van der Waals surface area (Å²) in [5, 5.41) is 33.3. The zero-order valence-electron chi connectivity index (χ0n) is 19.0. The molecule has 0 bridgehead atoms. The molecule has 1 aliphatic carbocycles. The summed E-state index contributed by atoms with van der Waals surface area (Å²) in [6.45, 7) is 3.16. The Kier molecular flexibility index (Phi) is 5.90. The van der Waals surface area contributed by atoms with Crippen LogP contribution in [0.3, 0.4) is 0 Å². The monoisotopic (exact) mass is 434 g/mol. The summed E-state index contributed by atoms with van der Waals surface area (Å²) in [5.74, 6) is 1.30. The van der Waals surface area contributed by atoms with E-state index in [9.17, 15) is 15.3 Å². The molecule has 0 heterocycles.